The number of H-pyrrole nitrogens is 1. The predicted molar refractivity (Wildman–Crippen MR) is 92.1 cm³/mol. The smallest absolute Gasteiger partial charge is 0.261 e. The zero-order chi connectivity index (χ0) is 17.1. The fourth-order valence-corrected chi connectivity index (χ4v) is 2.46. The average Bonchev–Trinajstić information content (AvgIpc) is 2.61. The highest BCUT2D eigenvalue weighted by Crippen LogP contribution is 2.21. The molecule has 1 aromatic heterocycles. The van der Waals surface area contributed by atoms with E-state index >= 15 is 0 Å². The average molecular weight is 324 g/mol. The van der Waals surface area contributed by atoms with Crippen molar-refractivity contribution in [3.63, 3.8) is 0 Å². The molecule has 0 aliphatic carbocycles. The minimum atomic E-state index is -0.491. The monoisotopic (exact) mass is 324 g/mol. The highest BCUT2D eigenvalue weighted by molar-refractivity contribution is 6.06. The molecule has 0 saturated heterocycles. The molecular weight excluding hydrogens is 308 g/mol. The number of carbonyl (C=O) groups is 1. The fourth-order valence-electron chi connectivity index (χ4n) is 2.46. The van der Waals surface area contributed by atoms with Crippen LogP contribution in [0.25, 0.3) is 10.9 Å². The molecule has 24 heavy (non-hydrogen) atoms. The normalized spacial score (nSPS) is 10.4. The molecule has 1 heterocycles. The zero-order valence-corrected chi connectivity index (χ0v) is 13.3. The standard InChI is InChI=1S/C18H16N2O4/c1-23-12-6-3-5-11(9-12)20-18(22)14-10-19-16-13(17(14)21)7-4-8-15(16)24-2/h3-10H,1-2H3,(H,19,21)(H,20,22). The molecule has 0 unspecified atom stereocenters. The van der Waals surface area contributed by atoms with Crippen molar-refractivity contribution in [2.45, 2.75) is 0 Å². The van der Waals surface area contributed by atoms with Crippen molar-refractivity contribution in [2.24, 2.45) is 0 Å². The number of nitrogens with one attached hydrogen (secondary N) is 2. The van der Waals surface area contributed by atoms with Gasteiger partial charge in [0, 0.05) is 18.0 Å². The second-order valence-corrected chi connectivity index (χ2v) is 5.10. The van der Waals surface area contributed by atoms with Gasteiger partial charge in [-0.2, -0.15) is 0 Å². The van der Waals surface area contributed by atoms with Crippen molar-refractivity contribution in [1.82, 2.24) is 4.98 Å². The lowest BCUT2D eigenvalue weighted by atomic mass is 10.1. The number of rotatable bonds is 4. The van der Waals surface area contributed by atoms with Crippen molar-refractivity contribution in [3.8, 4) is 11.5 Å². The summed E-state index contributed by atoms with van der Waals surface area (Å²) in [5.74, 6) is 0.670. The van der Waals surface area contributed by atoms with Crippen LogP contribution >= 0.6 is 0 Å². The molecule has 0 aliphatic rings. The molecule has 1 amide bonds. The van der Waals surface area contributed by atoms with Crippen molar-refractivity contribution >= 4 is 22.5 Å². The van der Waals surface area contributed by atoms with Crippen LogP contribution in [0.1, 0.15) is 10.4 Å². The Morgan fingerprint density at radius 3 is 2.62 bits per heavy atom. The van der Waals surface area contributed by atoms with Gasteiger partial charge in [-0.25, -0.2) is 0 Å². The van der Waals surface area contributed by atoms with Crippen molar-refractivity contribution in [1.29, 1.82) is 0 Å². The Hall–Kier alpha value is -3.28. The highest BCUT2D eigenvalue weighted by atomic mass is 16.5. The van der Waals surface area contributed by atoms with Crippen molar-refractivity contribution in [2.75, 3.05) is 19.5 Å². The Morgan fingerprint density at radius 1 is 1.08 bits per heavy atom. The number of carbonyl (C=O) groups excluding carboxylic acids is 1. The van der Waals surface area contributed by atoms with E-state index in [9.17, 15) is 9.59 Å². The number of anilines is 1. The fraction of sp³-hybridized carbons (Fsp3) is 0.111. The molecule has 0 fully saturated rings. The van der Waals surface area contributed by atoms with Gasteiger partial charge in [0.15, 0.2) is 0 Å². The number of hydrogen-bond acceptors (Lipinski definition) is 4. The van der Waals surface area contributed by atoms with Crippen LogP contribution in [0.15, 0.2) is 53.5 Å². The Kier molecular flexibility index (Phi) is 4.20. The first kappa shape index (κ1) is 15.6. The van der Waals surface area contributed by atoms with Gasteiger partial charge in [-0.05, 0) is 24.3 Å². The molecule has 2 aromatic carbocycles. The third kappa shape index (κ3) is 2.81. The van der Waals surface area contributed by atoms with Crippen LogP contribution < -0.4 is 20.2 Å². The first-order valence-corrected chi connectivity index (χ1v) is 7.28. The lowest BCUT2D eigenvalue weighted by molar-refractivity contribution is 0.102. The summed E-state index contributed by atoms with van der Waals surface area (Å²) >= 11 is 0. The summed E-state index contributed by atoms with van der Waals surface area (Å²) in [4.78, 5) is 28.0. The van der Waals surface area contributed by atoms with Gasteiger partial charge in [0.1, 0.15) is 17.1 Å². The Balaban J connectivity index is 1.98. The van der Waals surface area contributed by atoms with E-state index in [0.29, 0.717) is 28.1 Å². The maximum absolute atomic E-state index is 12.6. The third-order valence-corrected chi connectivity index (χ3v) is 3.67. The number of fused-ring (bicyclic) bond motifs is 1. The zero-order valence-electron chi connectivity index (χ0n) is 13.3. The number of pyridine rings is 1. The molecule has 6 nitrogen and oxygen atoms in total. The number of aromatic amines is 1. The molecule has 0 atom stereocenters. The van der Waals surface area contributed by atoms with Gasteiger partial charge in [0.2, 0.25) is 5.43 Å². The number of aromatic nitrogens is 1. The van der Waals surface area contributed by atoms with E-state index in [2.05, 4.69) is 10.3 Å². The van der Waals surface area contributed by atoms with Crippen LogP contribution in [-0.2, 0) is 0 Å². The number of methoxy groups -OCH3 is 2. The summed E-state index contributed by atoms with van der Waals surface area (Å²) in [6, 6.07) is 12.0. The molecular formula is C18H16N2O4. The number of hydrogen-bond donors (Lipinski definition) is 2. The van der Waals surface area contributed by atoms with E-state index < -0.39 is 5.91 Å². The molecule has 3 aromatic rings. The van der Waals surface area contributed by atoms with Crippen LogP contribution in [0.3, 0.4) is 0 Å². The van der Waals surface area contributed by atoms with Crippen LogP contribution in [0, 0.1) is 0 Å². The van der Waals surface area contributed by atoms with Crippen LogP contribution in [0.2, 0.25) is 0 Å². The van der Waals surface area contributed by atoms with Gasteiger partial charge >= 0.3 is 0 Å². The predicted octanol–water partition coefficient (Wildman–Crippen LogP) is 2.80. The van der Waals surface area contributed by atoms with E-state index in [1.165, 1.54) is 13.3 Å². The first-order valence-electron chi connectivity index (χ1n) is 7.28. The van der Waals surface area contributed by atoms with Crippen molar-refractivity contribution in [3.05, 3.63) is 64.4 Å². The minimum Gasteiger partial charge on any atom is -0.497 e. The summed E-state index contributed by atoms with van der Waals surface area (Å²) in [5.41, 5.74) is 0.772. The van der Waals surface area contributed by atoms with E-state index in [4.69, 9.17) is 9.47 Å². The van der Waals surface area contributed by atoms with Gasteiger partial charge in [0.05, 0.1) is 25.1 Å². The summed E-state index contributed by atoms with van der Waals surface area (Å²) in [6.07, 6.45) is 1.39. The number of benzene rings is 2. The minimum absolute atomic E-state index is 0.0265. The second-order valence-electron chi connectivity index (χ2n) is 5.10. The number of ether oxygens (including phenoxy) is 2. The van der Waals surface area contributed by atoms with Gasteiger partial charge in [-0.1, -0.05) is 12.1 Å². The Bertz CT molecular complexity index is 963. The molecule has 0 radical (unpaired) electrons. The van der Waals surface area contributed by atoms with Gasteiger partial charge in [0.25, 0.3) is 5.91 Å². The van der Waals surface area contributed by atoms with E-state index in [1.807, 2.05) is 0 Å². The molecule has 6 heteroatoms. The van der Waals surface area contributed by atoms with Crippen LogP contribution in [0.4, 0.5) is 5.69 Å². The molecule has 0 bridgehead atoms. The molecule has 122 valence electrons. The van der Waals surface area contributed by atoms with E-state index in [-0.39, 0.29) is 11.0 Å². The van der Waals surface area contributed by atoms with Gasteiger partial charge in [-0.3, -0.25) is 9.59 Å². The summed E-state index contributed by atoms with van der Waals surface area (Å²) in [6.45, 7) is 0. The Morgan fingerprint density at radius 2 is 1.88 bits per heavy atom. The van der Waals surface area contributed by atoms with Crippen molar-refractivity contribution < 1.29 is 14.3 Å². The maximum atomic E-state index is 12.6. The first-order chi connectivity index (χ1) is 11.6. The second kappa shape index (κ2) is 6.45. The van der Waals surface area contributed by atoms with E-state index in [1.54, 1.807) is 49.6 Å². The van der Waals surface area contributed by atoms with Gasteiger partial charge < -0.3 is 19.8 Å². The summed E-state index contributed by atoms with van der Waals surface area (Å²) < 4.78 is 10.3. The summed E-state index contributed by atoms with van der Waals surface area (Å²) in [7, 11) is 3.07. The number of para-hydroxylation sites is 1. The topological polar surface area (TPSA) is 80.4 Å². The largest absolute Gasteiger partial charge is 0.497 e. The third-order valence-electron chi connectivity index (χ3n) is 3.67. The molecule has 0 spiro atoms. The molecule has 0 saturated carbocycles. The lowest BCUT2D eigenvalue weighted by Gasteiger charge is -2.09. The van der Waals surface area contributed by atoms with Crippen LogP contribution in [0.5, 0.6) is 11.5 Å². The maximum Gasteiger partial charge on any atom is 0.261 e. The Labute approximate surface area is 138 Å². The lowest BCUT2D eigenvalue weighted by Crippen LogP contribution is -2.22. The molecule has 2 N–H and O–H groups in total. The SMILES string of the molecule is COc1cccc(NC(=O)c2c[nH]c3c(OC)cccc3c2=O)c1. The number of amides is 1. The van der Waals surface area contributed by atoms with Gasteiger partial charge in [-0.15, -0.1) is 0 Å². The highest BCUT2D eigenvalue weighted by Gasteiger charge is 2.15. The summed E-state index contributed by atoms with van der Waals surface area (Å²) in [5, 5.41) is 3.09. The molecule has 3 rings (SSSR count). The van der Waals surface area contributed by atoms with Crippen LogP contribution in [-0.4, -0.2) is 25.1 Å². The quantitative estimate of drug-likeness (QED) is 0.773. The molecule has 0 aliphatic heterocycles. The van der Waals surface area contributed by atoms with E-state index in [0.717, 1.165) is 0 Å².